The zero-order valence-electron chi connectivity index (χ0n) is 14.6. The number of sulfonamides is 1. The number of benzene rings is 2. The molecule has 1 aliphatic carbocycles. The fourth-order valence-corrected chi connectivity index (χ4v) is 4.48. The SMILES string of the molecule is O=C(NCc1ccccc1)c1ccc(S(=O)(=O)NC2CCCCC2)cc1. The summed E-state index contributed by atoms with van der Waals surface area (Å²) in [6, 6.07) is 15.7. The van der Waals surface area contributed by atoms with Crippen molar-refractivity contribution in [3.63, 3.8) is 0 Å². The molecule has 0 bridgehead atoms. The van der Waals surface area contributed by atoms with E-state index in [0.29, 0.717) is 12.1 Å². The molecule has 1 fully saturated rings. The maximum absolute atomic E-state index is 12.5. The highest BCUT2D eigenvalue weighted by Gasteiger charge is 2.22. The Bertz CT molecular complexity index is 827. The molecular weight excluding hydrogens is 348 g/mol. The van der Waals surface area contributed by atoms with E-state index in [-0.39, 0.29) is 16.8 Å². The lowest BCUT2D eigenvalue weighted by atomic mass is 9.96. The first-order valence-electron chi connectivity index (χ1n) is 8.99. The van der Waals surface area contributed by atoms with Gasteiger partial charge in [-0.1, -0.05) is 49.6 Å². The van der Waals surface area contributed by atoms with E-state index >= 15 is 0 Å². The maximum atomic E-state index is 12.5. The molecule has 1 amide bonds. The van der Waals surface area contributed by atoms with E-state index in [2.05, 4.69) is 10.0 Å². The standard InChI is InChI=1S/C20H24N2O3S/c23-20(21-15-16-7-3-1-4-8-16)17-11-13-19(14-12-17)26(24,25)22-18-9-5-2-6-10-18/h1,3-4,7-8,11-14,18,22H,2,5-6,9-10,15H2,(H,21,23). The Labute approximate surface area is 154 Å². The molecule has 5 nitrogen and oxygen atoms in total. The van der Waals surface area contributed by atoms with Gasteiger partial charge in [-0.2, -0.15) is 0 Å². The third-order valence-corrected chi connectivity index (χ3v) is 6.19. The van der Waals surface area contributed by atoms with Gasteiger partial charge in [0, 0.05) is 18.2 Å². The quantitative estimate of drug-likeness (QED) is 0.817. The third-order valence-electron chi connectivity index (χ3n) is 4.65. The second kappa shape index (κ2) is 8.47. The first kappa shape index (κ1) is 18.6. The zero-order valence-corrected chi connectivity index (χ0v) is 15.5. The molecule has 3 rings (SSSR count). The number of nitrogens with one attached hydrogen (secondary N) is 2. The van der Waals surface area contributed by atoms with E-state index in [1.165, 1.54) is 18.6 Å². The van der Waals surface area contributed by atoms with Crippen LogP contribution in [0.25, 0.3) is 0 Å². The van der Waals surface area contributed by atoms with Crippen LogP contribution in [0.4, 0.5) is 0 Å². The van der Waals surface area contributed by atoms with Crippen LogP contribution in [0.15, 0.2) is 59.5 Å². The third kappa shape index (κ3) is 4.93. The minimum atomic E-state index is -3.54. The van der Waals surface area contributed by atoms with Crippen LogP contribution in [0.2, 0.25) is 0 Å². The van der Waals surface area contributed by atoms with Crippen LogP contribution in [0.1, 0.15) is 48.0 Å². The van der Waals surface area contributed by atoms with E-state index in [1.807, 2.05) is 30.3 Å². The normalized spacial score (nSPS) is 15.5. The maximum Gasteiger partial charge on any atom is 0.251 e. The Hall–Kier alpha value is -2.18. The molecule has 0 unspecified atom stereocenters. The van der Waals surface area contributed by atoms with Crippen molar-refractivity contribution in [2.24, 2.45) is 0 Å². The van der Waals surface area contributed by atoms with Crippen LogP contribution in [-0.4, -0.2) is 20.4 Å². The van der Waals surface area contributed by atoms with Crippen molar-refractivity contribution in [3.05, 3.63) is 65.7 Å². The van der Waals surface area contributed by atoms with Crippen molar-refractivity contribution >= 4 is 15.9 Å². The number of hydrogen-bond acceptors (Lipinski definition) is 3. The van der Waals surface area contributed by atoms with Crippen molar-refractivity contribution in [1.82, 2.24) is 10.0 Å². The Morgan fingerprint density at radius 3 is 2.23 bits per heavy atom. The molecule has 26 heavy (non-hydrogen) atoms. The van der Waals surface area contributed by atoms with Crippen molar-refractivity contribution in [2.75, 3.05) is 0 Å². The predicted octanol–water partition coefficient (Wildman–Crippen LogP) is 3.23. The molecule has 2 aromatic rings. The van der Waals surface area contributed by atoms with Gasteiger partial charge in [0.2, 0.25) is 10.0 Å². The minimum absolute atomic E-state index is 0.0163. The first-order chi connectivity index (χ1) is 12.5. The Morgan fingerprint density at radius 2 is 1.58 bits per heavy atom. The molecule has 0 radical (unpaired) electrons. The zero-order chi connectivity index (χ0) is 18.4. The Kier molecular flexibility index (Phi) is 6.06. The van der Waals surface area contributed by atoms with Crippen LogP contribution < -0.4 is 10.0 Å². The van der Waals surface area contributed by atoms with Gasteiger partial charge in [-0.25, -0.2) is 13.1 Å². The number of amides is 1. The summed E-state index contributed by atoms with van der Waals surface area (Å²) in [7, 11) is -3.54. The molecule has 1 saturated carbocycles. The van der Waals surface area contributed by atoms with E-state index < -0.39 is 10.0 Å². The molecule has 6 heteroatoms. The molecule has 2 aromatic carbocycles. The van der Waals surface area contributed by atoms with Gasteiger partial charge in [0.05, 0.1) is 4.90 Å². The summed E-state index contributed by atoms with van der Waals surface area (Å²) in [6.45, 7) is 0.433. The van der Waals surface area contributed by atoms with Gasteiger partial charge >= 0.3 is 0 Å². The topological polar surface area (TPSA) is 75.3 Å². The Balaban J connectivity index is 1.60. The lowest BCUT2D eigenvalue weighted by molar-refractivity contribution is 0.0951. The number of rotatable bonds is 6. The van der Waals surface area contributed by atoms with Crippen LogP contribution >= 0.6 is 0 Å². The summed E-state index contributed by atoms with van der Waals surface area (Å²) in [5.74, 6) is -0.224. The molecule has 2 N–H and O–H groups in total. The van der Waals surface area contributed by atoms with Gasteiger partial charge < -0.3 is 5.32 Å². The molecular formula is C20H24N2O3S. The molecule has 0 atom stereocenters. The summed E-state index contributed by atoms with van der Waals surface area (Å²) in [6.07, 6.45) is 5.07. The second-order valence-corrected chi connectivity index (χ2v) is 8.36. The fourth-order valence-electron chi connectivity index (χ4n) is 3.17. The highest BCUT2D eigenvalue weighted by molar-refractivity contribution is 7.89. The van der Waals surface area contributed by atoms with Crippen molar-refractivity contribution in [2.45, 2.75) is 49.6 Å². The van der Waals surface area contributed by atoms with E-state index in [9.17, 15) is 13.2 Å². The van der Waals surface area contributed by atoms with Crippen LogP contribution in [-0.2, 0) is 16.6 Å². The van der Waals surface area contributed by atoms with E-state index in [0.717, 1.165) is 31.2 Å². The predicted molar refractivity (Wildman–Crippen MR) is 101 cm³/mol. The van der Waals surface area contributed by atoms with Gasteiger partial charge in [0.25, 0.3) is 5.91 Å². The summed E-state index contributed by atoms with van der Waals surface area (Å²) >= 11 is 0. The molecule has 1 aliphatic rings. The first-order valence-corrected chi connectivity index (χ1v) is 10.5. The highest BCUT2D eigenvalue weighted by atomic mass is 32.2. The Morgan fingerprint density at radius 1 is 0.923 bits per heavy atom. The smallest absolute Gasteiger partial charge is 0.251 e. The van der Waals surface area contributed by atoms with Gasteiger partial charge in [-0.05, 0) is 42.7 Å². The number of carbonyl (C=O) groups excluding carboxylic acids is 1. The summed E-state index contributed by atoms with van der Waals surface area (Å²) in [4.78, 5) is 12.4. The monoisotopic (exact) mass is 372 g/mol. The highest BCUT2D eigenvalue weighted by Crippen LogP contribution is 2.20. The molecule has 0 heterocycles. The van der Waals surface area contributed by atoms with E-state index in [1.54, 1.807) is 12.1 Å². The van der Waals surface area contributed by atoms with Crippen molar-refractivity contribution in [1.29, 1.82) is 0 Å². The van der Waals surface area contributed by atoms with Crippen LogP contribution in [0.3, 0.4) is 0 Å². The van der Waals surface area contributed by atoms with Crippen molar-refractivity contribution < 1.29 is 13.2 Å². The summed E-state index contributed by atoms with van der Waals surface area (Å²) < 4.78 is 27.7. The average molecular weight is 372 g/mol. The van der Waals surface area contributed by atoms with Gasteiger partial charge in [-0.15, -0.1) is 0 Å². The van der Waals surface area contributed by atoms with Crippen LogP contribution in [0, 0.1) is 0 Å². The molecule has 0 aromatic heterocycles. The molecule has 138 valence electrons. The number of hydrogen-bond donors (Lipinski definition) is 2. The summed E-state index contributed by atoms with van der Waals surface area (Å²) in [5.41, 5.74) is 1.45. The largest absolute Gasteiger partial charge is 0.348 e. The molecule has 0 spiro atoms. The molecule has 0 saturated heterocycles. The fraction of sp³-hybridized carbons (Fsp3) is 0.350. The minimum Gasteiger partial charge on any atom is -0.348 e. The number of carbonyl (C=O) groups is 1. The second-order valence-electron chi connectivity index (χ2n) is 6.65. The van der Waals surface area contributed by atoms with Gasteiger partial charge in [0.1, 0.15) is 0 Å². The summed E-state index contributed by atoms with van der Waals surface area (Å²) in [5, 5.41) is 2.84. The van der Waals surface area contributed by atoms with Crippen molar-refractivity contribution in [3.8, 4) is 0 Å². The lowest BCUT2D eigenvalue weighted by Gasteiger charge is -2.22. The average Bonchev–Trinajstić information content (AvgIpc) is 2.67. The molecule has 0 aliphatic heterocycles. The van der Waals surface area contributed by atoms with Gasteiger partial charge in [-0.3, -0.25) is 4.79 Å². The van der Waals surface area contributed by atoms with Gasteiger partial charge in [0.15, 0.2) is 0 Å². The van der Waals surface area contributed by atoms with E-state index in [4.69, 9.17) is 0 Å². The lowest BCUT2D eigenvalue weighted by Crippen LogP contribution is -2.36. The van der Waals surface area contributed by atoms with Crippen LogP contribution in [0.5, 0.6) is 0 Å².